The number of carbonyl (C=O) groups excluding carboxylic acids is 3. The van der Waals surface area contributed by atoms with Crippen LogP contribution in [0.15, 0.2) is 78.9 Å². The number of nitrogens with one attached hydrogen (secondary N) is 1. The number of carbonyl (C=O) groups is 3. The summed E-state index contributed by atoms with van der Waals surface area (Å²) < 4.78 is 15.9. The number of aromatic nitrogens is 1. The van der Waals surface area contributed by atoms with E-state index in [1.54, 1.807) is 24.3 Å². The number of rotatable bonds is 13. The van der Waals surface area contributed by atoms with Crippen molar-refractivity contribution in [3.63, 3.8) is 0 Å². The third kappa shape index (κ3) is 8.90. The van der Waals surface area contributed by atoms with Gasteiger partial charge in [0.05, 0.1) is 12.2 Å². The van der Waals surface area contributed by atoms with Gasteiger partial charge in [-0.3, -0.25) is 9.59 Å². The molecular formula is C34H35FN3NaO6. The topological polar surface area (TPSA) is 158 Å². The predicted octanol–water partition coefficient (Wildman–Crippen LogP) is 1.08. The van der Waals surface area contributed by atoms with Crippen LogP contribution in [0.3, 0.4) is 0 Å². The molecule has 1 heterocycles. The van der Waals surface area contributed by atoms with Crippen LogP contribution in [0.1, 0.15) is 65.7 Å². The smallest absolute Gasteiger partial charge is 0.550 e. The van der Waals surface area contributed by atoms with E-state index in [1.807, 2.05) is 48.7 Å². The zero-order valence-electron chi connectivity index (χ0n) is 25.5. The van der Waals surface area contributed by atoms with Crippen molar-refractivity contribution in [2.75, 3.05) is 5.32 Å². The van der Waals surface area contributed by atoms with Crippen LogP contribution in [0.4, 0.5) is 10.1 Å². The molecule has 45 heavy (non-hydrogen) atoms. The summed E-state index contributed by atoms with van der Waals surface area (Å²) in [5.41, 5.74) is 9.83. The monoisotopic (exact) mass is 623 g/mol. The summed E-state index contributed by atoms with van der Waals surface area (Å²) in [6, 6.07) is 21.2. The number of primary amides is 1. The molecule has 0 radical (unpaired) electrons. The van der Waals surface area contributed by atoms with E-state index in [9.17, 15) is 34.1 Å². The third-order valence-electron chi connectivity index (χ3n) is 7.32. The van der Waals surface area contributed by atoms with Gasteiger partial charge in [0.25, 0.3) is 5.91 Å². The van der Waals surface area contributed by atoms with Gasteiger partial charge in [-0.25, -0.2) is 4.39 Å². The van der Waals surface area contributed by atoms with Crippen molar-refractivity contribution < 1.29 is 63.7 Å². The number of aliphatic carboxylic acids is 1. The minimum atomic E-state index is -1.41. The molecule has 0 saturated heterocycles. The van der Waals surface area contributed by atoms with Crippen LogP contribution in [0.25, 0.3) is 22.3 Å². The number of hydrogen-bond acceptors (Lipinski definition) is 6. The van der Waals surface area contributed by atoms with E-state index >= 15 is 0 Å². The summed E-state index contributed by atoms with van der Waals surface area (Å²) in [5.74, 6) is -2.85. The van der Waals surface area contributed by atoms with Crippen LogP contribution in [0.2, 0.25) is 0 Å². The number of benzene rings is 3. The molecule has 0 aliphatic heterocycles. The van der Waals surface area contributed by atoms with Crippen molar-refractivity contribution in [2.24, 2.45) is 5.73 Å². The van der Waals surface area contributed by atoms with Gasteiger partial charge >= 0.3 is 29.6 Å². The van der Waals surface area contributed by atoms with E-state index in [1.165, 1.54) is 24.3 Å². The molecule has 0 saturated carbocycles. The van der Waals surface area contributed by atoms with Crippen molar-refractivity contribution in [3.05, 3.63) is 102 Å². The second-order valence-electron chi connectivity index (χ2n) is 10.9. The average Bonchev–Trinajstić information content (AvgIpc) is 3.32. The average molecular weight is 624 g/mol. The fourth-order valence-corrected chi connectivity index (χ4v) is 5.41. The molecule has 1 aromatic heterocycles. The summed E-state index contributed by atoms with van der Waals surface area (Å²) in [4.78, 5) is 36.6. The third-order valence-corrected chi connectivity index (χ3v) is 7.32. The predicted molar refractivity (Wildman–Crippen MR) is 163 cm³/mol. The maximum absolute atomic E-state index is 14.2. The van der Waals surface area contributed by atoms with Crippen molar-refractivity contribution in [2.45, 2.75) is 57.8 Å². The Morgan fingerprint density at radius 1 is 0.889 bits per heavy atom. The zero-order chi connectivity index (χ0) is 32.0. The van der Waals surface area contributed by atoms with Crippen LogP contribution in [0, 0.1) is 5.82 Å². The molecule has 4 rings (SSSR count). The standard InChI is InChI=1S/C34H36FN3O6.Na/c1-20(2)38-28(17-16-26(39)18-27(40)19-29(41)42)30(22-8-12-24(35)13-9-22)31(21-6-4-3-5-7-21)32(38)34(44)37-25-14-10-23(11-15-25)33(36)43;/h3-15,20,26-27,39-40H,16-19H2,1-2H3,(H2,36,43)(H,37,44)(H,41,42);/q;+1/p-1/t26-,27-;/m1./s1. The van der Waals surface area contributed by atoms with Gasteiger partial charge < -0.3 is 35.7 Å². The number of aliphatic hydroxyl groups excluding tert-OH is 2. The molecule has 0 spiro atoms. The molecule has 4 aromatic rings. The maximum Gasteiger partial charge on any atom is 1.00 e. The molecule has 5 N–H and O–H groups in total. The van der Waals surface area contributed by atoms with E-state index < -0.39 is 42.2 Å². The molecule has 0 aliphatic carbocycles. The number of anilines is 1. The Morgan fingerprint density at radius 3 is 2.04 bits per heavy atom. The van der Waals surface area contributed by atoms with E-state index in [-0.39, 0.29) is 54.9 Å². The van der Waals surface area contributed by atoms with E-state index in [0.29, 0.717) is 39.3 Å². The first-order valence-electron chi connectivity index (χ1n) is 14.3. The minimum Gasteiger partial charge on any atom is -0.550 e. The van der Waals surface area contributed by atoms with Crippen LogP contribution in [-0.4, -0.2) is 44.8 Å². The number of carboxylic acid groups (broad SMARTS) is 1. The molecule has 230 valence electrons. The number of nitrogens with two attached hydrogens (primary N) is 1. The second kappa shape index (κ2) is 16.0. The molecule has 0 aliphatic rings. The second-order valence-corrected chi connectivity index (χ2v) is 10.9. The fourth-order valence-electron chi connectivity index (χ4n) is 5.41. The quantitative estimate of drug-likeness (QED) is 0.163. The molecule has 0 bridgehead atoms. The van der Waals surface area contributed by atoms with E-state index in [4.69, 9.17) is 5.73 Å². The summed E-state index contributed by atoms with van der Waals surface area (Å²) in [6.45, 7) is 3.84. The molecule has 11 heteroatoms. The first kappa shape index (κ1) is 35.7. The van der Waals surface area contributed by atoms with Crippen LogP contribution in [-0.2, 0) is 11.2 Å². The van der Waals surface area contributed by atoms with Gasteiger partial charge in [-0.1, -0.05) is 42.5 Å². The molecule has 0 fully saturated rings. The zero-order valence-corrected chi connectivity index (χ0v) is 27.5. The Morgan fingerprint density at radius 2 is 1.49 bits per heavy atom. The number of carboxylic acids is 1. The summed E-state index contributed by atoms with van der Waals surface area (Å²) in [7, 11) is 0. The Hall–Kier alpha value is -3.80. The van der Waals surface area contributed by atoms with Gasteiger partial charge in [-0.15, -0.1) is 0 Å². The number of amides is 2. The van der Waals surface area contributed by atoms with E-state index in [2.05, 4.69) is 5.32 Å². The fraction of sp³-hybridized carbons (Fsp3) is 0.265. The van der Waals surface area contributed by atoms with Crippen molar-refractivity contribution in [1.29, 1.82) is 0 Å². The maximum atomic E-state index is 14.2. The van der Waals surface area contributed by atoms with Gasteiger partial charge in [-0.05, 0) is 80.6 Å². The number of halogens is 1. The van der Waals surface area contributed by atoms with Crippen molar-refractivity contribution in [3.8, 4) is 22.3 Å². The Balaban J connectivity index is 0.00000552. The molecule has 0 unspecified atom stereocenters. The number of nitrogens with zero attached hydrogens (tertiary/aromatic N) is 1. The van der Waals surface area contributed by atoms with Crippen molar-refractivity contribution >= 4 is 23.5 Å². The van der Waals surface area contributed by atoms with E-state index in [0.717, 1.165) is 5.56 Å². The first-order chi connectivity index (χ1) is 21.0. The Bertz CT molecular complexity index is 1620. The molecule has 9 nitrogen and oxygen atoms in total. The SMILES string of the molecule is CC(C)n1c(CC[C@@H](O)C[C@@H](O)CC(=O)[O-])c(-c2ccc(F)cc2)c(-c2ccccc2)c1C(=O)Nc1ccc(C(N)=O)cc1.[Na+]. The molecular weight excluding hydrogens is 588 g/mol. The van der Waals surface area contributed by atoms with Gasteiger partial charge in [0.15, 0.2) is 0 Å². The largest absolute Gasteiger partial charge is 1.00 e. The summed E-state index contributed by atoms with van der Waals surface area (Å²) >= 11 is 0. The first-order valence-corrected chi connectivity index (χ1v) is 14.3. The summed E-state index contributed by atoms with van der Waals surface area (Å²) in [5, 5.41) is 34.6. The molecule has 2 atom stereocenters. The Kier molecular flexibility index (Phi) is 12.7. The van der Waals surface area contributed by atoms with Gasteiger partial charge in [0.2, 0.25) is 5.91 Å². The minimum absolute atomic E-state index is 0. The van der Waals surface area contributed by atoms with Crippen LogP contribution >= 0.6 is 0 Å². The summed E-state index contributed by atoms with van der Waals surface area (Å²) in [6.07, 6.45) is -2.66. The van der Waals surface area contributed by atoms with Gasteiger partial charge in [0, 0.05) is 46.5 Å². The van der Waals surface area contributed by atoms with Crippen LogP contribution in [0.5, 0.6) is 0 Å². The Labute approximate surface area is 283 Å². The number of aliphatic hydroxyl groups is 2. The van der Waals surface area contributed by atoms with Gasteiger partial charge in [0.1, 0.15) is 11.5 Å². The normalized spacial score (nSPS) is 12.3. The van der Waals surface area contributed by atoms with Crippen molar-refractivity contribution in [1.82, 2.24) is 4.57 Å². The number of hydrogen-bond donors (Lipinski definition) is 4. The van der Waals surface area contributed by atoms with Gasteiger partial charge in [-0.2, -0.15) is 0 Å². The molecule has 2 amide bonds. The molecule has 3 aromatic carbocycles. The van der Waals surface area contributed by atoms with Crippen LogP contribution < -0.4 is 45.7 Å².